The van der Waals surface area contributed by atoms with Crippen LogP contribution in [0.25, 0.3) is 11.1 Å². The molecule has 0 aliphatic carbocycles. The first-order chi connectivity index (χ1) is 21.3. The Bertz CT molecular complexity index is 1810. The van der Waals surface area contributed by atoms with Gasteiger partial charge in [-0.25, -0.2) is 9.97 Å². The van der Waals surface area contributed by atoms with E-state index in [1.807, 2.05) is 12.1 Å². The second kappa shape index (κ2) is 12.2. The first-order valence-electron chi connectivity index (χ1n) is 15.1. The van der Waals surface area contributed by atoms with E-state index < -0.39 is 0 Å². The minimum Gasteiger partial charge on any atom is -0.309 e. The van der Waals surface area contributed by atoms with Crippen molar-refractivity contribution in [2.24, 2.45) is 0 Å². The summed E-state index contributed by atoms with van der Waals surface area (Å²) in [7, 11) is 0. The van der Waals surface area contributed by atoms with Crippen molar-refractivity contribution >= 4 is 34.4 Å². The topological polar surface area (TPSA) is 32.3 Å². The Labute approximate surface area is 261 Å². The largest absolute Gasteiger partial charge is 0.309 e. The maximum Gasteiger partial charge on any atom is 0.234 e. The molecule has 1 heterocycles. The fraction of sp³-hybridized carbons (Fsp3) is 0.150. The lowest BCUT2D eigenvalue weighted by Gasteiger charge is -2.32. The SMILES string of the molecule is Cc1cc(C)c(N(c2ccc(N(c3cccc(-c4ccccc4)c3)c3ncccn3)cc2)c2c(C)cc(C)cc2C)c(C)c1. The predicted molar refractivity (Wildman–Crippen MR) is 185 cm³/mol. The molecule has 6 aromatic rings. The summed E-state index contributed by atoms with van der Waals surface area (Å²) in [5, 5.41) is 0. The molecule has 0 atom stereocenters. The smallest absolute Gasteiger partial charge is 0.234 e. The maximum absolute atomic E-state index is 4.65. The molecule has 44 heavy (non-hydrogen) atoms. The van der Waals surface area contributed by atoms with Crippen LogP contribution in [-0.2, 0) is 0 Å². The minimum atomic E-state index is 0.623. The Balaban J connectivity index is 1.49. The van der Waals surface area contributed by atoms with E-state index in [2.05, 4.69) is 158 Å². The summed E-state index contributed by atoms with van der Waals surface area (Å²) in [5.41, 5.74) is 15.4. The first-order valence-corrected chi connectivity index (χ1v) is 15.1. The van der Waals surface area contributed by atoms with Crippen molar-refractivity contribution in [1.82, 2.24) is 9.97 Å². The van der Waals surface area contributed by atoms with Crippen LogP contribution in [0, 0.1) is 41.5 Å². The van der Waals surface area contributed by atoms with Gasteiger partial charge in [-0.3, -0.25) is 4.90 Å². The fourth-order valence-corrected chi connectivity index (χ4v) is 6.41. The van der Waals surface area contributed by atoms with E-state index in [4.69, 9.17) is 0 Å². The van der Waals surface area contributed by atoms with Crippen LogP contribution in [0.5, 0.6) is 0 Å². The van der Waals surface area contributed by atoms with Crippen LogP contribution in [0.1, 0.15) is 33.4 Å². The van der Waals surface area contributed by atoms with Crippen LogP contribution < -0.4 is 9.80 Å². The molecule has 0 aliphatic rings. The highest BCUT2D eigenvalue weighted by atomic mass is 15.3. The van der Waals surface area contributed by atoms with E-state index in [0.717, 1.165) is 22.6 Å². The number of aryl methyl sites for hydroxylation is 6. The Morgan fingerprint density at radius 3 is 1.41 bits per heavy atom. The lowest BCUT2D eigenvalue weighted by atomic mass is 9.98. The van der Waals surface area contributed by atoms with Gasteiger partial charge in [-0.05, 0) is 117 Å². The zero-order chi connectivity index (χ0) is 30.8. The number of benzene rings is 5. The van der Waals surface area contributed by atoms with Gasteiger partial charge in [0.1, 0.15) is 0 Å². The number of rotatable bonds is 7. The molecule has 1 aromatic heterocycles. The van der Waals surface area contributed by atoms with Crippen molar-refractivity contribution in [2.75, 3.05) is 9.80 Å². The standard InChI is InChI=1S/C40H38N4/c1-27-22-29(3)38(30(4)23-27)44(39-31(5)24-28(2)25-32(39)6)36-18-16-35(17-19-36)43(40-41-20-11-21-42-40)37-15-10-14-34(26-37)33-12-8-7-9-13-33/h7-26H,1-6H3. The van der Waals surface area contributed by atoms with E-state index in [1.54, 1.807) is 12.4 Å². The van der Waals surface area contributed by atoms with Crippen molar-refractivity contribution in [2.45, 2.75) is 41.5 Å². The Morgan fingerprint density at radius 2 is 0.886 bits per heavy atom. The zero-order valence-corrected chi connectivity index (χ0v) is 26.3. The van der Waals surface area contributed by atoms with Crippen molar-refractivity contribution in [3.8, 4) is 11.1 Å². The van der Waals surface area contributed by atoms with E-state index in [9.17, 15) is 0 Å². The van der Waals surface area contributed by atoms with Gasteiger partial charge >= 0.3 is 0 Å². The Morgan fingerprint density at radius 1 is 0.409 bits per heavy atom. The van der Waals surface area contributed by atoms with Crippen LogP contribution in [0.15, 0.2) is 122 Å². The van der Waals surface area contributed by atoms with Crippen molar-refractivity contribution in [3.05, 3.63) is 155 Å². The molecule has 5 aromatic carbocycles. The summed E-state index contributed by atoms with van der Waals surface area (Å²) in [6.45, 7) is 13.2. The quantitative estimate of drug-likeness (QED) is 0.190. The molecule has 4 nitrogen and oxygen atoms in total. The molecule has 6 rings (SSSR count). The molecule has 0 radical (unpaired) electrons. The molecule has 0 fully saturated rings. The Hall–Kier alpha value is -5.22. The van der Waals surface area contributed by atoms with Gasteiger partial charge < -0.3 is 4.90 Å². The highest BCUT2D eigenvalue weighted by molar-refractivity contribution is 5.85. The van der Waals surface area contributed by atoms with Gasteiger partial charge in [-0.2, -0.15) is 0 Å². The van der Waals surface area contributed by atoms with Gasteiger partial charge in [0.05, 0.1) is 11.4 Å². The summed E-state index contributed by atoms with van der Waals surface area (Å²) in [6, 6.07) is 38.7. The van der Waals surface area contributed by atoms with Gasteiger partial charge in [-0.15, -0.1) is 0 Å². The summed E-state index contributed by atoms with van der Waals surface area (Å²) in [5.74, 6) is 0.623. The summed E-state index contributed by atoms with van der Waals surface area (Å²) in [6.07, 6.45) is 3.58. The van der Waals surface area contributed by atoms with E-state index in [1.165, 1.54) is 50.3 Å². The first kappa shape index (κ1) is 28.9. The molecule has 4 heteroatoms. The number of nitrogens with zero attached hydrogens (tertiary/aromatic N) is 4. The van der Waals surface area contributed by atoms with Gasteiger partial charge in [0, 0.05) is 29.5 Å². The molecular formula is C40H38N4. The molecule has 0 unspecified atom stereocenters. The van der Waals surface area contributed by atoms with Gasteiger partial charge in [0.15, 0.2) is 0 Å². The average molecular weight is 575 g/mol. The van der Waals surface area contributed by atoms with Gasteiger partial charge in [0.2, 0.25) is 5.95 Å². The summed E-state index contributed by atoms with van der Waals surface area (Å²) < 4.78 is 0. The number of hydrogen-bond donors (Lipinski definition) is 0. The molecule has 218 valence electrons. The molecule has 0 saturated heterocycles. The molecular weight excluding hydrogens is 536 g/mol. The third-order valence-electron chi connectivity index (χ3n) is 8.05. The van der Waals surface area contributed by atoms with E-state index >= 15 is 0 Å². The summed E-state index contributed by atoms with van der Waals surface area (Å²) in [4.78, 5) is 13.9. The monoisotopic (exact) mass is 574 g/mol. The number of hydrogen-bond acceptors (Lipinski definition) is 4. The van der Waals surface area contributed by atoms with Crippen LogP contribution in [-0.4, -0.2) is 9.97 Å². The van der Waals surface area contributed by atoms with Crippen LogP contribution in [0.2, 0.25) is 0 Å². The van der Waals surface area contributed by atoms with Crippen LogP contribution in [0.4, 0.5) is 34.4 Å². The maximum atomic E-state index is 4.65. The fourth-order valence-electron chi connectivity index (χ4n) is 6.41. The number of anilines is 6. The minimum absolute atomic E-state index is 0.623. The van der Waals surface area contributed by atoms with E-state index in [-0.39, 0.29) is 0 Å². The third kappa shape index (κ3) is 5.71. The third-order valence-corrected chi connectivity index (χ3v) is 8.05. The summed E-state index contributed by atoms with van der Waals surface area (Å²) >= 11 is 0. The molecule has 0 amide bonds. The van der Waals surface area contributed by atoms with Crippen LogP contribution in [0.3, 0.4) is 0 Å². The molecule has 0 spiro atoms. The molecule has 0 N–H and O–H groups in total. The van der Waals surface area contributed by atoms with Gasteiger partial charge in [-0.1, -0.05) is 77.9 Å². The van der Waals surface area contributed by atoms with Crippen molar-refractivity contribution in [3.63, 3.8) is 0 Å². The Kier molecular flexibility index (Phi) is 7.99. The molecule has 0 bridgehead atoms. The van der Waals surface area contributed by atoms with Crippen molar-refractivity contribution in [1.29, 1.82) is 0 Å². The average Bonchev–Trinajstić information content (AvgIpc) is 3.01. The zero-order valence-electron chi connectivity index (χ0n) is 26.3. The van der Waals surface area contributed by atoms with Gasteiger partial charge in [0.25, 0.3) is 0 Å². The highest BCUT2D eigenvalue weighted by Gasteiger charge is 2.22. The highest BCUT2D eigenvalue weighted by Crippen LogP contribution is 2.44. The van der Waals surface area contributed by atoms with Crippen molar-refractivity contribution < 1.29 is 0 Å². The van der Waals surface area contributed by atoms with E-state index in [0.29, 0.717) is 5.95 Å². The normalized spacial score (nSPS) is 11.0. The second-order valence-electron chi connectivity index (χ2n) is 11.6. The second-order valence-corrected chi connectivity index (χ2v) is 11.6. The lowest BCUT2D eigenvalue weighted by Crippen LogP contribution is -2.17. The predicted octanol–water partition coefficient (Wildman–Crippen LogP) is 10.9. The van der Waals surface area contributed by atoms with Crippen LogP contribution >= 0.6 is 0 Å². The number of aromatic nitrogens is 2. The molecule has 0 aliphatic heterocycles. The lowest BCUT2D eigenvalue weighted by molar-refractivity contribution is 1.08. The molecule has 0 saturated carbocycles.